The van der Waals surface area contributed by atoms with Gasteiger partial charge in [-0.1, -0.05) is 13.8 Å². The molecular weight excluding hydrogens is 346 g/mol. The summed E-state index contributed by atoms with van der Waals surface area (Å²) >= 11 is 0. The van der Waals surface area contributed by atoms with Gasteiger partial charge in [-0.15, -0.1) is 0 Å². The zero-order valence-electron chi connectivity index (χ0n) is 15.2. The molecule has 0 bridgehead atoms. The molecule has 8 heteroatoms. The molecule has 1 amide bonds. The minimum absolute atomic E-state index is 0.0792. The third-order valence-electron chi connectivity index (χ3n) is 4.51. The lowest BCUT2D eigenvalue weighted by molar-refractivity contribution is 0.0944. The van der Waals surface area contributed by atoms with Gasteiger partial charge in [0, 0.05) is 36.6 Å². The van der Waals surface area contributed by atoms with Crippen LogP contribution in [0, 0.1) is 5.92 Å². The maximum absolute atomic E-state index is 13.0. The standard InChI is InChI=1S/C19H21N5O3/c1-11(2)10-23-15-9-14(12-5-7-20-8-6-12)22-24(15)19(27)16(18(23)26)17(25)21-13-3-4-13/h5-9,11,13,27H,3-4,10H2,1-2H3,(H,21,25). The van der Waals surface area contributed by atoms with Crippen LogP contribution < -0.4 is 10.9 Å². The van der Waals surface area contributed by atoms with Crippen molar-refractivity contribution in [1.82, 2.24) is 24.5 Å². The van der Waals surface area contributed by atoms with Gasteiger partial charge in [0.05, 0.1) is 5.69 Å². The smallest absolute Gasteiger partial charge is 0.270 e. The van der Waals surface area contributed by atoms with E-state index < -0.39 is 17.3 Å². The van der Waals surface area contributed by atoms with E-state index in [0.717, 1.165) is 18.4 Å². The van der Waals surface area contributed by atoms with E-state index in [2.05, 4.69) is 15.4 Å². The van der Waals surface area contributed by atoms with E-state index in [1.165, 1.54) is 9.08 Å². The second-order valence-electron chi connectivity index (χ2n) is 7.29. The number of aromatic hydroxyl groups is 1. The number of carbonyl (C=O) groups is 1. The molecule has 1 fully saturated rings. The highest BCUT2D eigenvalue weighted by Gasteiger charge is 2.29. The fourth-order valence-corrected chi connectivity index (χ4v) is 3.05. The topological polar surface area (TPSA) is 102 Å². The van der Waals surface area contributed by atoms with Crippen molar-refractivity contribution in [3.63, 3.8) is 0 Å². The molecule has 0 saturated heterocycles. The summed E-state index contributed by atoms with van der Waals surface area (Å²) in [5.74, 6) is -0.816. The highest BCUT2D eigenvalue weighted by atomic mass is 16.3. The van der Waals surface area contributed by atoms with Crippen molar-refractivity contribution >= 4 is 11.6 Å². The molecule has 8 nitrogen and oxygen atoms in total. The lowest BCUT2D eigenvalue weighted by atomic mass is 10.2. The minimum Gasteiger partial charge on any atom is -0.492 e. The zero-order chi connectivity index (χ0) is 19.1. The van der Waals surface area contributed by atoms with E-state index in [0.29, 0.717) is 17.9 Å². The summed E-state index contributed by atoms with van der Waals surface area (Å²) in [5, 5.41) is 17.9. The molecule has 0 radical (unpaired) electrons. The highest BCUT2D eigenvalue weighted by Crippen LogP contribution is 2.25. The number of amides is 1. The van der Waals surface area contributed by atoms with Crippen molar-refractivity contribution in [2.45, 2.75) is 39.3 Å². The Morgan fingerprint density at radius 3 is 2.67 bits per heavy atom. The maximum atomic E-state index is 13.0. The van der Waals surface area contributed by atoms with Crippen molar-refractivity contribution in [3.05, 3.63) is 46.5 Å². The Kier molecular flexibility index (Phi) is 4.18. The van der Waals surface area contributed by atoms with Gasteiger partial charge < -0.3 is 10.4 Å². The Morgan fingerprint density at radius 2 is 2.04 bits per heavy atom. The Morgan fingerprint density at radius 1 is 1.33 bits per heavy atom. The molecule has 1 aliphatic rings. The van der Waals surface area contributed by atoms with Crippen LogP contribution in [0.25, 0.3) is 16.9 Å². The van der Waals surface area contributed by atoms with Crippen molar-refractivity contribution < 1.29 is 9.90 Å². The van der Waals surface area contributed by atoms with Gasteiger partial charge in [-0.05, 0) is 30.9 Å². The van der Waals surface area contributed by atoms with E-state index in [4.69, 9.17) is 0 Å². The number of fused-ring (bicyclic) bond motifs is 1. The van der Waals surface area contributed by atoms with E-state index in [9.17, 15) is 14.7 Å². The maximum Gasteiger partial charge on any atom is 0.270 e. The summed E-state index contributed by atoms with van der Waals surface area (Å²) < 4.78 is 2.77. The molecule has 4 rings (SSSR count). The first-order valence-corrected chi connectivity index (χ1v) is 9.02. The molecule has 2 N–H and O–H groups in total. The quantitative estimate of drug-likeness (QED) is 0.716. The Hall–Kier alpha value is -3.16. The number of nitrogens with one attached hydrogen (secondary N) is 1. The summed E-state index contributed by atoms with van der Waals surface area (Å²) in [6, 6.07) is 5.41. The molecule has 0 aromatic carbocycles. The molecular formula is C19H21N5O3. The van der Waals surface area contributed by atoms with Gasteiger partial charge in [-0.25, -0.2) is 0 Å². The summed E-state index contributed by atoms with van der Waals surface area (Å²) in [5.41, 5.74) is 1.07. The van der Waals surface area contributed by atoms with Crippen molar-refractivity contribution in [3.8, 4) is 17.1 Å². The van der Waals surface area contributed by atoms with E-state index in [1.54, 1.807) is 30.6 Å². The van der Waals surface area contributed by atoms with Crippen LogP contribution in [-0.2, 0) is 6.54 Å². The fraction of sp³-hybridized carbons (Fsp3) is 0.368. The molecule has 27 heavy (non-hydrogen) atoms. The number of rotatable bonds is 5. The molecule has 3 heterocycles. The minimum atomic E-state index is -0.555. The van der Waals surface area contributed by atoms with Gasteiger partial charge in [-0.2, -0.15) is 9.61 Å². The summed E-state index contributed by atoms with van der Waals surface area (Å²) in [7, 11) is 0. The largest absolute Gasteiger partial charge is 0.492 e. The van der Waals surface area contributed by atoms with Crippen LogP contribution >= 0.6 is 0 Å². The first kappa shape index (κ1) is 17.3. The monoisotopic (exact) mass is 367 g/mol. The average molecular weight is 367 g/mol. The van der Waals surface area contributed by atoms with Crippen LogP contribution in [0.1, 0.15) is 37.0 Å². The first-order chi connectivity index (χ1) is 13.0. The normalized spacial score (nSPS) is 14.0. The summed E-state index contributed by atoms with van der Waals surface area (Å²) in [6.45, 7) is 4.38. The second kappa shape index (κ2) is 6.53. The van der Waals surface area contributed by atoms with Crippen LogP contribution in [0.3, 0.4) is 0 Å². The Labute approximate surface area is 155 Å². The second-order valence-corrected chi connectivity index (χ2v) is 7.29. The van der Waals surface area contributed by atoms with Crippen LogP contribution in [0.5, 0.6) is 5.88 Å². The van der Waals surface area contributed by atoms with Gasteiger partial charge >= 0.3 is 0 Å². The van der Waals surface area contributed by atoms with E-state index in [1.807, 2.05) is 13.8 Å². The molecule has 140 valence electrons. The summed E-state index contributed by atoms with van der Waals surface area (Å²) in [4.78, 5) is 29.6. The fourth-order valence-electron chi connectivity index (χ4n) is 3.05. The SMILES string of the molecule is CC(C)Cn1c(=O)c(C(=O)NC2CC2)c(O)n2nc(-c3ccncc3)cc12. The number of nitrogens with zero attached hydrogens (tertiary/aromatic N) is 4. The third kappa shape index (κ3) is 3.18. The average Bonchev–Trinajstić information content (AvgIpc) is 3.33. The van der Waals surface area contributed by atoms with Crippen LogP contribution in [0.15, 0.2) is 35.4 Å². The lowest BCUT2D eigenvalue weighted by Gasteiger charge is -2.14. The number of hydrogen-bond acceptors (Lipinski definition) is 5. The third-order valence-corrected chi connectivity index (χ3v) is 4.51. The summed E-state index contributed by atoms with van der Waals surface area (Å²) in [6.07, 6.45) is 5.08. The van der Waals surface area contributed by atoms with Crippen molar-refractivity contribution in [2.75, 3.05) is 0 Å². The van der Waals surface area contributed by atoms with Gasteiger partial charge in [0.1, 0.15) is 5.65 Å². The predicted octanol–water partition coefficient (Wildman–Crippen LogP) is 1.81. The lowest BCUT2D eigenvalue weighted by Crippen LogP contribution is -2.36. The van der Waals surface area contributed by atoms with Crippen molar-refractivity contribution in [2.24, 2.45) is 5.92 Å². The highest BCUT2D eigenvalue weighted by molar-refractivity contribution is 5.96. The number of pyridine rings is 1. The van der Waals surface area contributed by atoms with Gasteiger partial charge in [0.25, 0.3) is 11.5 Å². The first-order valence-electron chi connectivity index (χ1n) is 9.02. The molecule has 3 aromatic heterocycles. The van der Waals surface area contributed by atoms with Crippen LogP contribution in [0.2, 0.25) is 0 Å². The molecule has 1 aliphatic carbocycles. The van der Waals surface area contributed by atoms with E-state index in [-0.39, 0.29) is 17.5 Å². The number of carbonyl (C=O) groups excluding carboxylic acids is 1. The number of aromatic nitrogens is 4. The Bertz CT molecular complexity index is 1060. The van der Waals surface area contributed by atoms with Crippen molar-refractivity contribution in [1.29, 1.82) is 0 Å². The molecule has 0 unspecified atom stereocenters. The molecule has 0 spiro atoms. The van der Waals surface area contributed by atoms with Crippen LogP contribution in [0.4, 0.5) is 0 Å². The molecule has 0 atom stereocenters. The number of hydrogen-bond donors (Lipinski definition) is 2. The molecule has 3 aromatic rings. The van der Waals surface area contributed by atoms with Crippen LogP contribution in [-0.4, -0.2) is 36.2 Å². The zero-order valence-corrected chi connectivity index (χ0v) is 15.2. The van der Waals surface area contributed by atoms with E-state index >= 15 is 0 Å². The van der Waals surface area contributed by atoms with Gasteiger partial charge in [0.2, 0.25) is 5.88 Å². The van der Waals surface area contributed by atoms with Gasteiger partial charge in [-0.3, -0.25) is 19.1 Å². The predicted molar refractivity (Wildman–Crippen MR) is 99.7 cm³/mol. The van der Waals surface area contributed by atoms with Gasteiger partial charge in [0.15, 0.2) is 5.56 Å². The Balaban J connectivity index is 1.93. The molecule has 1 saturated carbocycles. The molecule has 0 aliphatic heterocycles.